The molecule has 2 aromatic heterocycles. The Morgan fingerprint density at radius 2 is 1.83 bits per heavy atom. The Bertz CT molecular complexity index is 1110. The Balaban J connectivity index is 1.54. The first-order chi connectivity index (χ1) is 14.1. The number of benzene rings is 2. The number of fused-ring (bicyclic) bond motifs is 1. The molecule has 2 heterocycles. The lowest BCUT2D eigenvalue weighted by Gasteiger charge is -2.09. The normalized spacial score (nSPS) is 12.1. The lowest BCUT2D eigenvalue weighted by atomic mass is 10.1. The van der Waals surface area contributed by atoms with Crippen molar-refractivity contribution in [1.29, 1.82) is 0 Å². The summed E-state index contributed by atoms with van der Waals surface area (Å²) in [7, 11) is 0. The van der Waals surface area contributed by atoms with Crippen molar-refractivity contribution in [2.75, 3.05) is 13.2 Å². The SMILES string of the molecule is O=C(NC[C@@H](O)CO)c1ccc(-c2cncc(-c3cc4ccccc4[nH]3)n2)cc1. The molecule has 4 aromatic rings. The molecule has 0 aliphatic heterocycles. The molecule has 1 atom stereocenters. The van der Waals surface area contributed by atoms with Gasteiger partial charge in [0.1, 0.15) is 5.69 Å². The summed E-state index contributed by atoms with van der Waals surface area (Å²) in [5.74, 6) is -0.318. The van der Waals surface area contributed by atoms with Crippen LogP contribution in [0.15, 0.2) is 67.0 Å². The second-order valence-corrected chi connectivity index (χ2v) is 6.68. The number of carbonyl (C=O) groups is 1. The van der Waals surface area contributed by atoms with Crippen LogP contribution in [0, 0.1) is 0 Å². The minimum absolute atomic E-state index is 0.00486. The zero-order chi connectivity index (χ0) is 20.2. The highest BCUT2D eigenvalue weighted by Crippen LogP contribution is 2.24. The predicted octanol–water partition coefficient (Wildman–Crippen LogP) is 2.37. The summed E-state index contributed by atoms with van der Waals surface area (Å²) in [4.78, 5) is 24.5. The summed E-state index contributed by atoms with van der Waals surface area (Å²) in [5.41, 5.74) is 4.65. The quantitative estimate of drug-likeness (QED) is 0.405. The molecule has 0 aliphatic rings. The number of rotatable bonds is 6. The molecule has 0 radical (unpaired) electrons. The fourth-order valence-electron chi connectivity index (χ4n) is 3.02. The lowest BCUT2D eigenvalue weighted by Crippen LogP contribution is -2.33. The van der Waals surface area contributed by atoms with E-state index < -0.39 is 12.7 Å². The van der Waals surface area contributed by atoms with Gasteiger partial charge in [0.25, 0.3) is 5.91 Å². The van der Waals surface area contributed by atoms with Crippen molar-refractivity contribution in [2.24, 2.45) is 0 Å². The molecule has 4 N–H and O–H groups in total. The first-order valence-electron chi connectivity index (χ1n) is 9.22. The summed E-state index contributed by atoms with van der Waals surface area (Å²) >= 11 is 0. The number of hydrogen-bond donors (Lipinski definition) is 4. The molecule has 0 spiro atoms. The number of H-pyrrole nitrogens is 1. The molecular weight excluding hydrogens is 368 g/mol. The maximum atomic E-state index is 12.1. The van der Waals surface area contributed by atoms with E-state index in [9.17, 15) is 9.90 Å². The number of aliphatic hydroxyl groups excluding tert-OH is 2. The van der Waals surface area contributed by atoms with Crippen molar-refractivity contribution in [3.63, 3.8) is 0 Å². The molecule has 7 nitrogen and oxygen atoms in total. The fraction of sp³-hybridized carbons (Fsp3) is 0.136. The van der Waals surface area contributed by atoms with Crippen LogP contribution in [0.3, 0.4) is 0 Å². The number of hydrogen-bond acceptors (Lipinski definition) is 5. The summed E-state index contributed by atoms with van der Waals surface area (Å²) in [6.07, 6.45) is 2.42. The van der Waals surface area contributed by atoms with E-state index in [-0.39, 0.29) is 12.5 Å². The van der Waals surface area contributed by atoms with E-state index in [0.717, 1.165) is 27.9 Å². The van der Waals surface area contributed by atoms with Gasteiger partial charge in [-0.3, -0.25) is 9.78 Å². The zero-order valence-corrected chi connectivity index (χ0v) is 15.5. The maximum absolute atomic E-state index is 12.1. The molecule has 0 unspecified atom stereocenters. The minimum Gasteiger partial charge on any atom is -0.394 e. The molecule has 29 heavy (non-hydrogen) atoms. The van der Waals surface area contributed by atoms with Crippen LogP contribution in [-0.4, -0.2) is 50.3 Å². The third-order valence-corrected chi connectivity index (χ3v) is 4.59. The van der Waals surface area contributed by atoms with Gasteiger partial charge in [-0.15, -0.1) is 0 Å². The van der Waals surface area contributed by atoms with Crippen LogP contribution in [0.4, 0.5) is 0 Å². The number of nitrogens with zero attached hydrogens (tertiary/aromatic N) is 2. The number of nitrogens with one attached hydrogen (secondary N) is 2. The number of para-hydroxylation sites is 1. The van der Waals surface area contributed by atoms with Gasteiger partial charge >= 0.3 is 0 Å². The van der Waals surface area contributed by atoms with Crippen LogP contribution < -0.4 is 5.32 Å². The third-order valence-electron chi connectivity index (χ3n) is 4.59. The molecule has 1 amide bonds. The van der Waals surface area contributed by atoms with Crippen molar-refractivity contribution in [3.05, 3.63) is 72.6 Å². The van der Waals surface area contributed by atoms with Gasteiger partial charge in [-0.2, -0.15) is 0 Å². The van der Waals surface area contributed by atoms with Crippen LogP contribution in [0.5, 0.6) is 0 Å². The second kappa shape index (κ2) is 8.22. The van der Waals surface area contributed by atoms with Crippen LogP contribution in [0.1, 0.15) is 10.4 Å². The summed E-state index contributed by atoms with van der Waals surface area (Å²) < 4.78 is 0. The van der Waals surface area contributed by atoms with Gasteiger partial charge in [-0.25, -0.2) is 4.98 Å². The highest BCUT2D eigenvalue weighted by Gasteiger charge is 2.10. The Kier molecular flexibility index (Phi) is 5.33. The molecule has 0 saturated heterocycles. The van der Waals surface area contributed by atoms with E-state index in [1.54, 1.807) is 36.7 Å². The van der Waals surface area contributed by atoms with E-state index in [0.29, 0.717) is 11.3 Å². The number of aliphatic hydroxyl groups is 2. The molecule has 0 aliphatic carbocycles. The summed E-state index contributed by atoms with van der Waals surface area (Å²) in [5, 5.41) is 21.8. The number of aromatic amines is 1. The number of carbonyl (C=O) groups excluding carboxylic acids is 1. The Morgan fingerprint density at radius 3 is 2.59 bits per heavy atom. The van der Waals surface area contributed by atoms with Crippen LogP contribution in [0.2, 0.25) is 0 Å². The molecule has 0 fully saturated rings. The molecule has 146 valence electrons. The summed E-state index contributed by atoms with van der Waals surface area (Å²) in [6.45, 7) is -0.403. The van der Waals surface area contributed by atoms with Gasteiger partial charge in [0.15, 0.2) is 0 Å². The van der Waals surface area contributed by atoms with Crippen LogP contribution >= 0.6 is 0 Å². The van der Waals surface area contributed by atoms with Gasteiger partial charge in [0.2, 0.25) is 0 Å². The average Bonchev–Trinajstić information content (AvgIpc) is 3.22. The molecule has 0 saturated carbocycles. The summed E-state index contributed by atoms with van der Waals surface area (Å²) in [6, 6.07) is 17.0. The number of aromatic nitrogens is 3. The Morgan fingerprint density at radius 1 is 1.07 bits per heavy atom. The lowest BCUT2D eigenvalue weighted by molar-refractivity contribution is 0.0802. The van der Waals surface area contributed by atoms with Crippen molar-refractivity contribution in [1.82, 2.24) is 20.3 Å². The smallest absolute Gasteiger partial charge is 0.251 e. The largest absolute Gasteiger partial charge is 0.394 e. The van der Waals surface area contributed by atoms with Crippen molar-refractivity contribution in [2.45, 2.75) is 6.10 Å². The van der Waals surface area contributed by atoms with E-state index >= 15 is 0 Å². The molecule has 0 bridgehead atoms. The first kappa shape index (κ1) is 18.8. The predicted molar refractivity (Wildman–Crippen MR) is 110 cm³/mol. The van der Waals surface area contributed by atoms with Gasteiger partial charge in [-0.1, -0.05) is 30.3 Å². The van der Waals surface area contributed by atoms with Gasteiger partial charge in [-0.05, 0) is 24.3 Å². The third kappa shape index (κ3) is 4.16. The Hall–Kier alpha value is -3.55. The van der Waals surface area contributed by atoms with Crippen LogP contribution in [0.25, 0.3) is 33.5 Å². The van der Waals surface area contributed by atoms with Crippen LogP contribution in [-0.2, 0) is 0 Å². The van der Waals surface area contributed by atoms with Gasteiger partial charge < -0.3 is 20.5 Å². The molecule has 7 heteroatoms. The van der Waals surface area contributed by atoms with Crippen molar-refractivity contribution >= 4 is 16.8 Å². The molecular formula is C22H20N4O3. The molecule has 4 rings (SSSR count). The van der Waals surface area contributed by atoms with E-state index in [1.165, 1.54) is 0 Å². The maximum Gasteiger partial charge on any atom is 0.251 e. The topological polar surface area (TPSA) is 111 Å². The molecule has 2 aromatic carbocycles. The standard InChI is InChI=1S/C22H20N4O3/c27-13-17(28)10-24-22(29)15-7-5-14(6-8-15)20-11-23-12-21(26-20)19-9-16-3-1-2-4-18(16)25-19/h1-9,11-12,17,25,27-28H,10,13H2,(H,24,29)/t17-/m1/s1. The van der Waals surface area contributed by atoms with Gasteiger partial charge in [0, 0.05) is 28.6 Å². The number of amides is 1. The second-order valence-electron chi connectivity index (χ2n) is 6.68. The zero-order valence-electron chi connectivity index (χ0n) is 15.5. The highest BCUT2D eigenvalue weighted by molar-refractivity contribution is 5.94. The van der Waals surface area contributed by atoms with E-state index in [2.05, 4.69) is 15.3 Å². The fourth-order valence-corrected chi connectivity index (χ4v) is 3.02. The van der Waals surface area contributed by atoms with Gasteiger partial charge in [0.05, 0.1) is 36.5 Å². The first-order valence-corrected chi connectivity index (χ1v) is 9.22. The average molecular weight is 388 g/mol. The van der Waals surface area contributed by atoms with E-state index in [1.807, 2.05) is 30.3 Å². The van der Waals surface area contributed by atoms with E-state index in [4.69, 9.17) is 10.1 Å². The minimum atomic E-state index is -0.971. The monoisotopic (exact) mass is 388 g/mol. The highest BCUT2D eigenvalue weighted by atomic mass is 16.3. The van der Waals surface area contributed by atoms with Crippen molar-refractivity contribution < 1.29 is 15.0 Å². The van der Waals surface area contributed by atoms with Crippen molar-refractivity contribution in [3.8, 4) is 22.6 Å². The Labute approximate surface area is 167 Å².